The van der Waals surface area contributed by atoms with Crippen LogP contribution in [0.3, 0.4) is 0 Å². The SMILES string of the molecule is CC(C)(C)NC(=O)NC(=O)COC(=O)CCNC(=O)/C=C/c1ccccc1. The van der Waals surface area contributed by atoms with E-state index in [1.54, 1.807) is 26.8 Å². The van der Waals surface area contributed by atoms with E-state index in [1.807, 2.05) is 30.3 Å². The van der Waals surface area contributed by atoms with Gasteiger partial charge in [0.25, 0.3) is 5.91 Å². The summed E-state index contributed by atoms with van der Waals surface area (Å²) in [7, 11) is 0. The second-order valence-electron chi connectivity index (χ2n) is 6.70. The van der Waals surface area contributed by atoms with Gasteiger partial charge in [-0.2, -0.15) is 0 Å². The van der Waals surface area contributed by atoms with Gasteiger partial charge in [-0.05, 0) is 32.4 Å². The molecule has 0 aliphatic rings. The molecule has 4 amide bonds. The molecule has 0 fully saturated rings. The Hall–Kier alpha value is -3.16. The molecule has 0 unspecified atom stereocenters. The van der Waals surface area contributed by atoms with Crippen LogP contribution in [0, 0.1) is 0 Å². The summed E-state index contributed by atoms with van der Waals surface area (Å²) in [6.07, 6.45) is 2.93. The number of carbonyl (C=O) groups is 4. The molecule has 0 atom stereocenters. The van der Waals surface area contributed by atoms with Gasteiger partial charge in [0.2, 0.25) is 5.91 Å². The van der Waals surface area contributed by atoms with Gasteiger partial charge in [-0.1, -0.05) is 30.3 Å². The lowest BCUT2D eigenvalue weighted by Crippen LogP contribution is -2.49. The number of esters is 1. The molecule has 1 aromatic carbocycles. The first-order valence-electron chi connectivity index (χ1n) is 8.44. The van der Waals surface area contributed by atoms with Crippen molar-refractivity contribution in [2.75, 3.05) is 13.2 Å². The van der Waals surface area contributed by atoms with Crippen LogP contribution in [-0.2, 0) is 19.1 Å². The molecule has 0 radical (unpaired) electrons. The van der Waals surface area contributed by atoms with E-state index in [9.17, 15) is 19.2 Å². The average Bonchev–Trinajstić information content (AvgIpc) is 2.57. The van der Waals surface area contributed by atoms with Crippen LogP contribution in [-0.4, -0.2) is 42.5 Å². The van der Waals surface area contributed by atoms with Crippen LogP contribution >= 0.6 is 0 Å². The lowest BCUT2D eigenvalue weighted by molar-refractivity contribution is -0.148. The molecule has 0 bridgehead atoms. The fourth-order valence-corrected chi connectivity index (χ4v) is 1.84. The second kappa shape index (κ2) is 10.7. The maximum Gasteiger partial charge on any atom is 0.321 e. The van der Waals surface area contributed by atoms with Gasteiger partial charge < -0.3 is 15.4 Å². The Kier molecular flexibility index (Phi) is 8.71. The Morgan fingerprint density at radius 2 is 1.74 bits per heavy atom. The first kappa shape index (κ1) is 21.9. The average molecular weight is 375 g/mol. The van der Waals surface area contributed by atoms with Gasteiger partial charge in [-0.3, -0.25) is 19.7 Å². The zero-order valence-electron chi connectivity index (χ0n) is 15.7. The molecule has 1 rings (SSSR count). The maximum atomic E-state index is 11.6. The minimum atomic E-state index is -0.736. The normalized spacial score (nSPS) is 10.9. The van der Waals surface area contributed by atoms with Crippen molar-refractivity contribution in [3.8, 4) is 0 Å². The van der Waals surface area contributed by atoms with Gasteiger partial charge in [-0.15, -0.1) is 0 Å². The highest BCUT2D eigenvalue weighted by molar-refractivity contribution is 5.95. The summed E-state index contributed by atoms with van der Waals surface area (Å²) in [5, 5.41) is 7.13. The minimum absolute atomic E-state index is 0.0723. The molecule has 0 saturated heterocycles. The lowest BCUT2D eigenvalue weighted by atomic mass is 10.1. The monoisotopic (exact) mass is 375 g/mol. The predicted octanol–water partition coefficient (Wildman–Crippen LogP) is 1.37. The highest BCUT2D eigenvalue weighted by Crippen LogP contribution is 2.00. The van der Waals surface area contributed by atoms with Crippen LogP contribution < -0.4 is 16.0 Å². The summed E-state index contributed by atoms with van der Waals surface area (Å²) < 4.78 is 4.75. The van der Waals surface area contributed by atoms with E-state index in [-0.39, 0.29) is 18.9 Å². The molecule has 0 spiro atoms. The summed E-state index contributed by atoms with van der Waals surface area (Å²) in [5.74, 6) is -1.74. The van der Waals surface area contributed by atoms with Gasteiger partial charge in [0.05, 0.1) is 6.42 Å². The Bertz CT molecular complexity index is 693. The molecule has 0 saturated carbocycles. The highest BCUT2D eigenvalue weighted by Gasteiger charge is 2.16. The second-order valence-corrected chi connectivity index (χ2v) is 6.70. The molecule has 146 valence electrons. The molecule has 8 nitrogen and oxygen atoms in total. The van der Waals surface area contributed by atoms with Gasteiger partial charge >= 0.3 is 12.0 Å². The quantitative estimate of drug-likeness (QED) is 0.492. The number of imide groups is 1. The number of amides is 4. The Balaban J connectivity index is 2.20. The third-order valence-corrected chi connectivity index (χ3v) is 2.96. The number of hydrogen-bond donors (Lipinski definition) is 3. The van der Waals surface area contributed by atoms with Gasteiger partial charge in [0.15, 0.2) is 6.61 Å². The number of benzene rings is 1. The topological polar surface area (TPSA) is 114 Å². The van der Waals surface area contributed by atoms with E-state index < -0.39 is 30.1 Å². The Morgan fingerprint density at radius 1 is 1.07 bits per heavy atom. The van der Waals surface area contributed by atoms with Crippen molar-refractivity contribution in [2.45, 2.75) is 32.7 Å². The zero-order chi connectivity index (χ0) is 20.3. The summed E-state index contributed by atoms with van der Waals surface area (Å²) in [6.45, 7) is 4.79. The van der Waals surface area contributed by atoms with Crippen molar-refractivity contribution in [3.63, 3.8) is 0 Å². The van der Waals surface area contributed by atoms with Crippen LogP contribution in [0.15, 0.2) is 36.4 Å². The van der Waals surface area contributed by atoms with E-state index >= 15 is 0 Å². The summed E-state index contributed by atoms with van der Waals surface area (Å²) in [5.41, 5.74) is 0.391. The fourth-order valence-electron chi connectivity index (χ4n) is 1.84. The van der Waals surface area contributed by atoms with Crippen molar-refractivity contribution >= 4 is 29.9 Å². The molecule has 0 heterocycles. The van der Waals surface area contributed by atoms with Crippen molar-refractivity contribution in [1.29, 1.82) is 0 Å². The maximum absolute atomic E-state index is 11.6. The Morgan fingerprint density at radius 3 is 2.37 bits per heavy atom. The molecule has 0 aliphatic carbocycles. The summed E-state index contributed by atoms with van der Waals surface area (Å²) in [6, 6.07) is 8.64. The zero-order valence-corrected chi connectivity index (χ0v) is 15.7. The van der Waals surface area contributed by atoms with Gasteiger partial charge in [-0.25, -0.2) is 4.79 Å². The van der Waals surface area contributed by atoms with Gasteiger partial charge in [0, 0.05) is 18.2 Å². The summed E-state index contributed by atoms with van der Waals surface area (Å²) >= 11 is 0. The minimum Gasteiger partial charge on any atom is -0.456 e. The van der Waals surface area contributed by atoms with E-state index in [4.69, 9.17) is 4.74 Å². The largest absolute Gasteiger partial charge is 0.456 e. The molecule has 1 aromatic rings. The fraction of sp³-hybridized carbons (Fsp3) is 0.368. The molecule has 0 aromatic heterocycles. The number of carbonyl (C=O) groups excluding carboxylic acids is 4. The number of ether oxygens (including phenoxy) is 1. The third kappa shape index (κ3) is 11.1. The molecule has 8 heteroatoms. The summed E-state index contributed by atoms with van der Waals surface area (Å²) in [4.78, 5) is 46.2. The van der Waals surface area contributed by atoms with Crippen LogP contribution in [0.5, 0.6) is 0 Å². The van der Waals surface area contributed by atoms with Crippen molar-refractivity contribution in [3.05, 3.63) is 42.0 Å². The number of nitrogens with one attached hydrogen (secondary N) is 3. The number of rotatable bonds is 7. The smallest absolute Gasteiger partial charge is 0.321 e. The van der Waals surface area contributed by atoms with E-state index in [2.05, 4.69) is 16.0 Å². The Labute approximate surface area is 158 Å². The molecule has 0 aliphatic heterocycles. The van der Waals surface area contributed by atoms with E-state index in [0.717, 1.165) is 5.56 Å². The van der Waals surface area contributed by atoms with Crippen molar-refractivity contribution in [2.24, 2.45) is 0 Å². The van der Waals surface area contributed by atoms with Crippen LogP contribution in [0.1, 0.15) is 32.8 Å². The third-order valence-electron chi connectivity index (χ3n) is 2.96. The van der Waals surface area contributed by atoms with E-state index in [0.29, 0.717) is 0 Å². The highest BCUT2D eigenvalue weighted by atomic mass is 16.5. The molecule has 3 N–H and O–H groups in total. The molecular formula is C19H25N3O5. The van der Waals surface area contributed by atoms with Crippen LogP contribution in [0.4, 0.5) is 4.79 Å². The van der Waals surface area contributed by atoms with Gasteiger partial charge in [0.1, 0.15) is 0 Å². The van der Waals surface area contributed by atoms with Crippen LogP contribution in [0.2, 0.25) is 0 Å². The van der Waals surface area contributed by atoms with Crippen LogP contribution in [0.25, 0.3) is 6.08 Å². The first-order valence-corrected chi connectivity index (χ1v) is 8.44. The standard InChI is InChI=1S/C19H25N3O5/c1-19(2,3)22-18(26)21-16(24)13-27-17(25)11-12-20-15(23)10-9-14-7-5-4-6-8-14/h4-10H,11-13H2,1-3H3,(H,20,23)(H2,21,22,24,26)/b10-9+. The first-order chi connectivity index (χ1) is 12.7. The number of hydrogen-bond acceptors (Lipinski definition) is 5. The lowest BCUT2D eigenvalue weighted by Gasteiger charge is -2.20. The van der Waals surface area contributed by atoms with Crippen molar-refractivity contribution in [1.82, 2.24) is 16.0 Å². The van der Waals surface area contributed by atoms with Crippen molar-refractivity contribution < 1.29 is 23.9 Å². The molecular weight excluding hydrogens is 350 g/mol. The number of urea groups is 1. The van der Waals surface area contributed by atoms with E-state index in [1.165, 1.54) is 6.08 Å². The predicted molar refractivity (Wildman–Crippen MR) is 100 cm³/mol. The molecule has 27 heavy (non-hydrogen) atoms.